The number of benzene rings is 2. The number of halogens is 1. The fraction of sp³-hybridized carbons (Fsp3) is 0.481. The van der Waals surface area contributed by atoms with Crippen molar-refractivity contribution in [3.63, 3.8) is 0 Å². The molecule has 0 aromatic heterocycles. The van der Waals surface area contributed by atoms with E-state index in [0.717, 1.165) is 12.7 Å². The summed E-state index contributed by atoms with van der Waals surface area (Å²) in [5, 5.41) is 2.87. The van der Waals surface area contributed by atoms with E-state index in [1.165, 1.54) is 15.3 Å². The Morgan fingerprint density at radius 3 is 2.27 bits per heavy atom. The maximum absolute atomic E-state index is 14.4. The maximum atomic E-state index is 14.4. The van der Waals surface area contributed by atoms with Crippen molar-refractivity contribution in [3.05, 3.63) is 59.9 Å². The second-order valence-corrected chi connectivity index (χ2v) is 10.9. The summed E-state index contributed by atoms with van der Waals surface area (Å²) >= 11 is 0. The number of nitrogens with zero attached hydrogens (tertiary/aromatic N) is 2. The minimum Gasteiger partial charge on any atom is -0.494 e. The van der Waals surface area contributed by atoms with Crippen LogP contribution in [-0.4, -0.2) is 56.6 Å². The van der Waals surface area contributed by atoms with Crippen LogP contribution in [0, 0.1) is 5.82 Å². The molecule has 0 radical (unpaired) electrons. The van der Waals surface area contributed by atoms with E-state index in [0.29, 0.717) is 23.6 Å². The second kappa shape index (κ2) is 14.0. The van der Waals surface area contributed by atoms with Crippen molar-refractivity contribution in [3.8, 4) is 5.75 Å². The quantitative estimate of drug-likeness (QED) is 0.393. The van der Waals surface area contributed by atoms with Gasteiger partial charge in [0.1, 0.15) is 17.6 Å². The molecular weight excluding hydrogens is 497 g/mol. The minimum atomic E-state index is -3.61. The summed E-state index contributed by atoms with van der Waals surface area (Å²) in [6.07, 6.45) is 2.04. The van der Waals surface area contributed by atoms with Gasteiger partial charge in [-0.3, -0.25) is 13.9 Å². The van der Waals surface area contributed by atoms with Crippen molar-refractivity contribution in [2.45, 2.75) is 65.6 Å². The van der Waals surface area contributed by atoms with Gasteiger partial charge in [0, 0.05) is 31.1 Å². The van der Waals surface area contributed by atoms with Crippen molar-refractivity contribution in [2.24, 2.45) is 0 Å². The minimum absolute atomic E-state index is 0.0154. The van der Waals surface area contributed by atoms with Crippen molar-refractivity contribution in [2.75, 3.05) is 23.7 Å². The van der Waals surface area contributed by atoms with Gasteiger partial charge in [-0.1, -0.05) is 25.1 Å². The predicted octanol–water partition coefficient (Wildman–Crippen LogP) is 4.10. The molecule has 0 bridgehead atoms. The Balaban J connectivity index is 2.17. The Morgan fingerprint density at radius 1 is 1.05 bits per heavy atom. The first-order valence-electron chi connectivity index (χ1n) is 12.5. The number of sulfonamides is 1. The van der Waals surface area contributed by atoms with Crippen LogP contribution in [0.1, 0.15) is 52.5 Å². The molecule has 0 saturated heterocycles. The lowest BCUT2D eigenvalue weighted by Crippen LogP contribution is -2.49. The van der Waals surface area contributed by atoms with E-state index in [9.17, 15) is 22.4 Å². The van der Waals surface area contributed by atoms with E-state index >= 15 is 0 Å². The summed E-state index contributed by atoms with van der Waals surface area (Å²) in [5.41, 5.74) is 0.758. The molecule has 2 aromatic rings. The normalized spacial score (nSPS) is 12.9. The molecule has 2 amide bonds. The molecule has 2 aromatic carbocycles. The zero-order valence-electron chi connectivity index (χ0n) is 22.2. The van der Waals surface area contributed by atoms with Crippen molar-refractivity contribution >= 4 is 27.5 Å². The number of amides is 2. The number of nitrogens with one attached hydrogen (secondary N) is 1. The van der Waals surface area contributed by atoms with Gasteiger partial charge in [0.05, 0.1) is 18.6 Å². The first-order valence-corrected chi connectivity index (χ1v) is 14.4. The van der Waals surface area contributed by atoms with Gasteiger partial charge in [-0.25, -0.2) is 12.8 Å². The van der Waals surface area contributed by atoms with Crippen molar-refractivity contribution < 1.29 is 27.1 Å². The zero-order valence-corrected chi connectivity index (χ0v) is 23.1. The standard InChI is InChI=1S/C27H38FN3O5S/c1-6-20(3)29-27(33)21(4)30(19-22-11-8-9-12-25(22)28)26(32)13-10-18-31(37(5,34)35)23-14-16-24(17-15-23)36-7-2/h8-9,11-12,14-17,20-21H,6-7,10,13,18-19H2,1-5H3,(H,29,33)/t20-,21+/m0/s1. The number of carbonyl (C=O) groups is 2. The van der Waals surface area contributed by atoms with Gasteiger partial charge in [0.2, 0.25) is 21.8 Å². The number of hydrogen-bond acceptors (Lipinski definition) is 5. The Hall–Kier alpha value is -3.14. The summed E-state index contributed by atoms with van der Waals surface area (Å²) in [5.74, 6) is -0.529. The SMILES string of the molecule is CCOc1ccc(N(CCCC(=O)N(Cc2ccccc2F)[C@H](C)C(=O)N[C@@H](C)CC)S(C)(=O)=O)cc1. The van der Waals surface area contributed by atoms with E-state index in [4.69, 9.17) is 4.74 Å². The molecule has 8 nitrogen and oxygen atoms in total. The van der Waals surface area contributed by atoms with Gasteiger partial charge < -0.3 is 15.0 Å². The van der Waals surface area contributed by atoms with Crippen molar-refractivity contribution in [1.29, 1.82) is 0 Å². The molecule has 10 heteroatoms. The fourth-order valence-electron chi connectivity index (χ4n) is 3.74. The van der Waals surface area contributed by atoms with E-state index in [1.54, 1.807) is 49.4 Å². The number of hydrogen-bond donors (Lipinski definition) is 1. The number of anilines is 1. The lowest BCUT2D eigenvalue weighted by Gasteiger charge is -2.30. The van der Waals surface area contributed by atoms with Gasteiger partial charge in [0.15, 0.2) is 0 Å². The highest BCUT2D eigenvalue weighted by atomic mass is 32.2. The molecule has 37 heavy (non-hydrogen) atoms. The maximum Gasteiger partial charge on any atom is 0.242 e. The second-order valence-electron chi connectivity index (χ2n) is 8.97. The largest absolute Gasteiger partial charge is 0.494 e. The van der Waals surface area contributed by atoms with Gasteiger partial charge in [0.25, 0.3) is 0 Å². The Morgan fingerprint density at radius 2 is 1.70 bits per heavy atom. The van der Waals surface area contributed by atoms with Crippen LogP contribution in [0.2, 0.25) is 0 Å². The molecule has 204 valence electrons. The average Bonchev–Trinajstić information content (AvgIpc) is 2.85. The molecular formula is C27H38FN3O5S. The van der Waals surface area contributed by atoms with E-state index in [-0.39, 0.29) is 43.8 Å². The van der Waals surface area contributed by atoms with Crippen LogP contribution in [0.15, 0.2) is 48.5 Å². The molecule has 1 N–H and O–H groups in total. The molecule has 0 aliphatic rings. The van der Waals surface area contributed by atoms with Crippen LogP contribution in [0.5, 0.6) is 5.75 Å². The Bertz CT molecular complexity index is 1140. The fourth-order valence-corrected chi connectivity index (χ4v) is 4.70. The highest BCUT2D eigenvalue weighted by Gasteiger charge is 2.28. The number of rotatable bonds is 14. The van der Waals surface area contributed by atoms with Gasteiger partial charge in [-0.2, -0.15) is 0 Å². The molecule has 0 heterocycles. The van der Waals surface area contributed by atoms with Crippen molar-refractivity contribution in [1.82, 2.24) is 10.2 Å². The van der Waals surface area contributed by atoms with Crippen LogP contribution >= 0.6 is 0 Å². The summed E-state index contributed by atoms with van der Waals surface area (Å²) in [6.45, 7) is 7.77. The third-order valence-electron chi connectivity index (χ3n) is 6.05. The molecule has 0 aliphatic heterocycles. The number of ether oxygens (including phenoxy) is 1. The Labute approximate surface area is 219 Å². The first-order chi connectivity index (χ1) is 17.5. The van der Waals surface area contributed by atoms with E-state index in [1.807, 2.05) is 20.8 Å². The van der Waals surface area contributed by atoms with Crippen LogP contribution in [0.4, 0.5) is 10.1 Å². The Kier molecular flexibility index (Phi) is 11.4. The highest BCUT2D eigenvalue weighted by molar-refractivity contribution is 7.92. The third-order valence-corrected chi connectivity index (χ3v) is 7.25. The molecule has 0 spiro atoms. The third kappa shape index (κ3) is 9.03. The molecule has 2 atom stereocenters. The van der Waals surface area contributed by atoms with Crippen LogP contribution < -0.4 is 14.4 Å². The molecule has 0 unspecified atom stereocenters. The molecule has 0 aliphatic carbocycles. The first kappa shape index (κ1) is 30.1. The topological polar surface area (TPSA) is 96.0 Å². The van der Waals surface area contributed by atoms with Gasteiger partial charge >= 0.3 is 0 Å². The summed E-state index contributed by atoms with van der Waals surface area (Å²) in [4.78, 5) is 27.4. The molecule has 2 rings (SSSR count). The molecule has 0 fully saturated rings. The summed E-state index contributed by atoms with van der Waals surface area (Å²) in [6, 6.07) is 11.9. The lowest BCUT2D eigenvalue weighted by atomic mass is 10.1. The predicted molar refractivity (Wildman–Crippen MR) is 143 cm³/mol. The smallest absolute Gasteiger partial charge is 0.242 e. The highest BCUT2D eigenvalue weighted by Crippen LogP contribution is 2.23. The van der Waals surface area contributed by atoms with Crippen LogP contribution in [0.3, 0.4) is 0 Å². The number of carbonyl (C=O) groups excluding carboxylic acids is 2. The summed E-state index contributed by atoms with van der Waals surface area (Å²) in [7, 11) is -3.61. The average molecular weight is 536 g/mol. The van der Waals surface area contributed by atoms with Gasteiger partial charge in [-0.05, 0) is 63.9 Å². The zero-order chi connectivity index (χ0) is 27.6. The monoisotopic (exact) mass is 535 g/mol. The summed E-state index contributed by atoms with van der Waals surface area (Å²) < 4.78 is 46.0. The van der Waals surface area contributed by atoms with E-state index in [2.05, 4.69) is 5.32 Å². The molecule has 0 saturated carbocycles. The van der Waals surface area contributed by atoms with Crippen LogP contribution in [0.25, 0.3) is 0 Å². The van der Waals surface area contributed by atoms with Crippen LogP contribution in [-0.2, 0) is 26.2 Å². The van der Waals surface area contributed by atoms with E-state index < -0.39 is 21.9 Å². The lowest BCUT2D eigenvalue weighted by molar-refractivity contribution is -0.141. The van der Waals surface area contributed by atoms with Gasteiger partial charge in [-0.15, -0.1) is 0 Å².